The van der Waals surface area contributed by atoms with Gasteiger partial charge in [-0.15, -0.1) is 0 Å². The van der Waals surface area contributed by atoms with E-state index in [4.69, 9.17) is 0 Å². The number of hydrogen-bond donors (Lipinski definition) is 1. The van der Waals surface area contributed by atoms with Crippen molar-refractivity contribution in [1.29, 1.82) is 0 Å². The van der Waals surface area contributed by atoms with Crippen molar-refractivity contribution in [2.45, 2.75) is 51.6 Å². The summed E-state index contributed by atoms with van der Waals surface area (Å²) in [7, 11) is 0. The topological polar surface area (TPSA) is 20.2 Å². The molecule has 1 unspecified atom stereocenters. The Kier molecular flexibility index (Phi) is 2.03. The van der Waals surface area contributed by atoms with E-state index in [0.717, 1.165) is 25.2 Å². The van der Waals surface area contributed by atoms with E-state index in [-0.39, 0.29) is 0 Å². The molecule has 0 aliphatic heterocycles. The number of aliphatic hydroxyl groups is 1. The molecule has 2 aliphatic carbocycles. The third kappa shape index (κ3) is 2.34. The van der Waals surface area contributed by atoms with Gasteiger partial charge < -0.3 is 5.11 Å². The first-order chi connectivity index (χ1) is 5.99. The smallest absolute Gasteiger partial charge is 0.0830 e. The van der Waals surface area contributed by atoms with Crippen molar-refractivity contribution in [3.63, 3.8) is 0 Å². The molecule has 1 fully saturated rings. The van der Waals surface area contributed by atoms with Gasteiger partial charge in [0.2, 0.25) is 0 Å². The molecule has 0 heterocycles. The second-order valence-electron chi connectivity index (χ2n) is 5.57. The van der Waals surface area contributed by atoms with Crippen LogP contribution in [0.15, 0.2) is 12.2 Å². The van der Waals surface area contributed by atoms with Crippen LogP contribution in [0.4, 0.5) is 0 Å². The van der Waals surface area contributed by atoms with Gasteiger partial charge in [0.15, 0.2) is 0 Å². The molecular formula is C12H20O. The molecule has 2 aliphatic rings. The molecular weight excluding hydrogens is 160 g/mol. The SMILES string of the molecule is CC1(C)C=CC(O)(CC2CC2)CC1. The maximum Gasteiger partial charge on any atom is 0.0830 e. The summed E-state index contributed by atoms with van der Waals surface area (Å²) >= 11 is 0. The van der Waals surface area contributed by atoms with E-state index in [0.29, 0.717) is 5.41 Å². The molecule has 0 aromatic heterocycles. The van der Waals surface area contributed by atoms with Crippen molar-refractivity contribution in [2.24, 2.45) is 11.3 Å². The lowest BCUT2D eigenvalue weighted by molar-refractivity contribution is 0.0469. The summed E-state index contributed by atoms with van der Waals surface area (Å²) < 4.78 is 0. The van der Waals surface area contributed by atoms with Gasteiger partial charge in [0.05, 0.1) is 5.60 Å². The van der Waals surface area contributed by atoms with Crippen molar-refractivity contribution >= 4 is 0 Å². The second kappa shape index (κ2) is 2.84. The van der Waals surface area contributed by atoms with Crippen molar-refractivity contribution < 1.29 is 5.11 Å². The second-order valence-corrected chi connectivity index (χ2v) is 5.57. The molecule has 0 amide bonds. The van der Waals surface area contributed by atoms with Crippen LogP contribution in [0, 0.1) is 11.3 Å². The Morgan fingerprint density at radius 3 is 2.38 bits per heavy atom. The molecule has 0 saturated heterocycles. The highest BCUT2D eigenvalue weighted by Gasteiger charge is 2.36. The van der Waals surface area contributed by atoms with Gasteiger partial charge in [0.1, 0.15) is 0 Å². The Labute approximate surface area is 80.8 Å². The molecule has 1 atom stereocenters. The van der Waals surface area contributed by atoms with E-state index in [1.807, 2.05) is 0 Å². The predicted octanol–water partition coefficient (Wildman–Crippen LogP) is 2.89. The third-order valence-electron chi connectivity index (χ3n) is 3.39. The van der Waals surface area contributed by atoms with E-state index < -0.39 is 5.60 Å². The van der Waals surface area contributed by atoms with Gasteiger partial charge in [-0.2, -0.15) is 0 Å². The average molecular weight is 180 g/mol. The van der Waals surface area contributed by atoms with Crippen molar-refractivity contribution in [2.75, 3.05) is 0 Å². The zero-order valence-electron chi connectivity index (χ0n) is 8.71. The van der Waals surface area contributed by atoms with Crippen LogP contribution in [0.5, 0.6) is 0 Å². The van der Waals surface area contributed by atoms with Gasteiger partial charge in [-0.1, -0.05) is 38.8 Å². The van der Waals surface area contributed by atoms with Gasteiger partial charge >= 0.3 is 0 Å². The quantitative estimate of drug-likeness (QED) is 0.648. The van der Waals surface area contributed by atoms with E-state index >= 15 is 0 Å². The molecule has 1 N–H and O–H groups in total. The summed E-state index contributed by atoms with van der Waals surface area (Å²) in [6.07, 6.45) is 9.98. The molecule has 1 nitrogen and oxygen atoms in total. The van der Waals surface area contributed by atoms with Crippen LogP contribution in [-0.4, -0.2) is 10.7 Å². The largest absolute Gasteiger partial charge is 0.386 e. The zero-order valence-corrected chi connectivity index (χ0v) is 8.71. The van der Waals surface area contributed by atoms with Crippen LogP contribution < -0.4 is 0 Å². The lowest BCUT2D eigenvalue weighted by Crippen LogP contribution is -2.32. The molecule has 0 bridgehead atoms. The molecule has 2 rings (SSSR count). The molecule has 0 radical (unpaired) electrons. The van der Waals surface area contributed by atoms with Crippen LogP contribution >= 0.6 is 0 Å². The fourth-order valence-electron chi connectivity index (χ4n) is 2.08. The number of allylic oxidation sites excluding steroid dienone is 1. The van der Waals surface area contributed by atoms with Crippen molar-refractivity contribution in [3.05, 3.63) is 12.2 Å². The molecule has 0 aromatic rings. The van der Waals surface area contributed by atoms with Crippen LogP contribution in [0.25, 0.3) is 0 Å². The summed E-state index contributed by atoms with van der Waals surface area (Å²) in [5.41, 5.74) is -0.160. The Balaban J connectivity index is 2.00. The number of rotatable bonds is 2. The zero-order chi connectivity index (χ0) is 9.53. The summed E-state index contributed by atoms with van der Waals surface area (Å²) in [4.78, 5) is 0. The minimum atomic E-state index is -0.462. The maximum absolute atomic E-state index is 10.2. The third-order valence-corrected chi connectivity index (χ3v) is 3.39. The van der Waals surface area contributed by atoms with Gasteiger partial charge in [0.25, 0.3) is 0 Å². The van der Waals surface area contributed by atoms with E-state index in [9.17, 15) is 5.11 Å². The summed E-state index contributed by atoms with van der Waals surface area (Å²) in [5.74, 6) is 0.816. The lowest BCUT2D eigenvalue weighted by Gasteiger charge is -2.34. The minimum Gasteiger partial charge on any atom is -0.386 e. The van der Waals surface area contributed by atoms with Crippen molar-refractivity contribution in [1.82, 2.24) is 0 Å². The summed E-state index contributed by atoms with van der Waals surface area (Å²) in [6.45, 7) is 4.47. The van der Waals surface area contributed by atoms with Crippen LogP contribution in [0.1, 0.15) is 46.0 Å². The first-order valence-corrected chi connectivity index (χ1v) is 5.42. The van der Waals surface area contributed by atoms with Gasteiger partial charge in [-0.3, -0.25) is 0 Å². The fourth-order valence-corrected chi connectivity index (χ4v) is 2.08. The maximum atomic E-state index is 10.2. The standard InChI is InChI=1S/C12H20O/c1-11(2)5-7-12(13,8-6-11)9-10-3-4-10/h5,7,10,13H,3-4,6,8-9H2,1-2H3. The lowest BCUT2D eigenvalue weighted by atomic mass is 9.75. The Morgan fingerprint density at radius 2 is 1.92 bits per heavy atom. The Bertz CT molecular complexity index is 225. The highest BCUT2D eigenvalue weighted by molar-refractivity contribution is 5.12. The van der Waals surface area contributed by atoms with E-state index in [1.165, 1.54) is 12.8 Å². The van der Waals surface area contributed by atoms with Gasteiger partial charge in [-0.05, 0) is 30.6 Å². The van der Waals surface area contributed by atoms with Crippen LogP contribution in [0.2, 0.25) is 0 Å². The Morgan fingerprint density at radius 1 is 1.23 bits per heavy atom. The molecule has 0 spiro atoms. The number of hydrogen-bond acceptors (Lipinski definition) is 1. The van der Waals surface area contributed by atoms with Crippen molar-refractivity contribution in [3.8, 4) is 0 Å². The molecule has 1 heteroatoms. The van der Waals surface area contributed by atoms with Crippen LogP contribution in [0.3, 0.4) is 0 Å². The van der Waals surface area contributed by atoms with E-state index in [1.54, 1.807) is 0 Å². The fraction of sp³-hybridized carbons (Fsp3) is 0.833. The van der Waals surface area contributed by atoms with Gasteiger partial charge in [-0.25, -0.2) is 0 Å². The minimum absolute atomic E-state index is 0.301. The highest BCUT2D eigenvalue weighted by atomic mass is 16.3. The predicted molar refractivity (Wildman–Crippen MR) is 54.4 cm³/mol. The van der Waals surface area contributed by atoms with Crippen LogP contribution in [-0.2, 0) is 0 Å². The average Bonchev–Trinajstić information content (AvgIpc) is 2.81. The van der Waals surface area contributed by atoms with E-state index in [2.05, 4.69) is 26.0 Å². The normalized spacial score (nSPS) is 37.8. The monoisotopic (exact) mass is 180 g/mol. The first-order valence-electron chi connectivity index (χ1n) is 5.42. The van der Waals surface area contributed by atoms with Gasteiger partial charge in [0, 0.05) is 0 Å². The molecule has 1 saturated carbocycles. The molecule has 74 valence electrons. The Hall–Kier alpha value is -0.300. The molecule has 0 aromatic carbocycles. The summed E-state index contributed by atoms with van der Waals surface area (Å²) in [5, 5.41) is 10.2. The molecule has 13 heavy (non-hydrogen) atoms. The summed E-state index contributed by atoms with van der Waals surface area (Å²) in [6, 6.07) is 0. The highest BCUT2D eigenvalue weighted by Crippen LogP contribution is 2.43. The first kappa shape index (κ1) is 9.26.